The fraction of sp³-hybridized carbons (Fsp3) is 0.350. The monoisotopic (exact) mass is 340 g/mol. The molecule has 1 aromatic carbocycles. The lowest BCUT2D eigenvalue weighted by Crippen LogP contribution is -2.52. The van der Waals surface area contributed by atoms with Crippen LogP contribution >= 0.6 is 0 Å². The Morgan fingerprint density at radius 1 is 1.44 bits per heavy atom. The first-order valence-corrected chi connectivity index (χ1v) is 8.24. The zero-order valence-corrected chi connectivity index (χ0v) is 14.2. The normalized spacial score (nSPS) is 27.6. The lowest BCUT2D eigenvalue weighted by molar-refractivity contribution is -0.130. The van der Waals surface area contributed by atoms with E-state index in [1.807, 2.05) is 19.1 Å². The van der Waals surface area contributed by atoms with E-state index in [9.17, 15) is 9.90 Å². The molecule has 130 valence electrons. The molecular weight excluding hydrogens is 320 g/mol. The van der Waals surface area contributed by atoms with Crippen LogP contribution in [-0.4, -0.2) is 24.8 Å². The average Bonchev–Trinajstić information content (AvgIpc) is 3.08. The van der Waals surface area contributed by atoms with Gasteiger partial charge >= 0.3 is 0 Å². The molecule has 0 spiro atoms. The smallest absolute Gasteiger partial charge is 0.231 e. The Labute approximate surface area is 146 Å². The minimum Gasteiger partial charge on any atom is -0.500 e. The van der Waals surface area contributed by atoms with E-state index in [4.69, 9.17) is 14.2 Å². The second-order valence-corrected chi connectivity index (χ2v) is 6.74. The molecule has 4 aliphatic rings. The van der Waals surface area contributed by atoms with E-state index in [1.54, 1.807) is 25.3 Å². The second kappa shape index (κ2) is 5.49. The molecule has 5 rings (SSSR count). The fourth-order valence-corrected chi connectivity index (χ4v) is 4.10. The Bertz CT molecular complexity index is 834. The highest BCUT2D eigenvalue weighted by molar-refractivity contribution is 6.04. The number of allylic oxidation sites excluding steroid dienone is 4. The maximum atomic E-state index is 12.9. The fourth-order valence-electron chi connectivity index (χ4n) is 4.10. The predicted molar refractivity (Wildman–Crippen MR) is 91.1 cm³/mol. The zero-order valence-electron chi connectivity index (χ0n) is 14.2. The molecule has 2 bridgehead atoms. The van der Waals surface area contributed by atoms with Crippen molar-refractivity contribution in [2.75, 3.05) is 13.9 Å². The number of ketones is 1. The predicted octanol–water partition coefficient (Wildman–Crippen LogP) is 3.07. The molecule has 1 N–H and O–H groups in total. The van der Waals surface area contributed by atoms with Gasteiger partial charge in [0, 0.05) is 16.6 Å². The van der Waals surface area contributed by atoms with E-state index in [1.165, 1.54) is 0 Å². The number of Topliss-reactive ketones (excluding diaryl/α,β-unsaturated/α-hetero) is 1. The molecule has 5 nitrogen and oxygen atoms in total. The summed E-state index contributed by atoms with van der Waals surface area (Å²) in [6.07, 6.45) is 3.23. The SMILES string of the molecule is C=CCC1=CC2=C(OC)[C@H](C1=O)[C@]2(C)[C@H](O)c1ccc2c(c1)OCO2. The molecule has 1 aromatic rings. The van der Waals surface area contributed by atoms with E-state index in [2.05, 4.69) is 6.58 Å². The third-order valence-electron chi connectivity index (χ3n) is 5.47. The minimum atomic E-state index is -0.855. The van der Waals surface area contributed by atoms with E-state index >= 15 is 0 Å². The van der Waals surface area contributed by atoms with Gasteiger partial charge in [-0.25, -0.2) is 0 Å². The van der Waals surface area contributed by atoms with Crippen molar-refractivity contribution >= 4 is 5.78 Å². The molecule has 0 aromatic heterocycles. The summed E-state index contributed by atoms with van der Waals surface area (Å²) in [7, 11) is 1.56. The van der Waals surface area contributed by atoms with Crippen molar-refractivity contribution in [1.82, 2.24) is 0 Å². The van der Waals surface area contributed by atoms with Crippen molar-refractivity contribution in [3.8, 4) is 11.5 Å². The van der Waals surface area contributed by atoms with Gasteiger partial charge in [-0.15, -0.1) is 6.58 Å². The van der Waals surface area contributed by atoms with Crippen LogP contribution in [0, 0.1) is 11.3 Å². The van der Waals surface area contributed by atoms with Gasteiger partial charge in [0.1, 0.15) is 5.76 Å². The molecule has 0 unspecified atom stereocenters. The van der Waals surface area contributed by atoms with Crippen LogP contribution in [0.3, 0.4) is 0 Å². The number of hydrogen-bond acceptors (Lipinski definition) is 5. The number of methoxy groups -OCH3 is 1. The van der Waals surface area contributed by atoms with Crippen LogP contribution in [0.1, 0.15) is 25.0 Å². The van der Waals surface area contributed by atoms with Crippen molar-refractivity contribution in [1.29, 1.82) is 0 Å². The Kier molecular flexibility index (Phi) is 3.51. The lowest BCUT2D eigenvalue weighted by Gasteiger charge is -2.53. The molecule has 3 atom stereocenters. The van der Waals surface area contributed by atoms with E-state index in [0.717, 1.165) is 5.57 Å². The number of carbonyl (C=O) groups excluding carboxylic acids is 1. The van der Waals surface area contributed by atoms with Gasteiger partial charge in [-0.05, 0) is 30.2 Å². The van der Waals surface area contributed by atoms with Crippen LogP contribution in [-0.2, 0) is 9.53 Å². The van der Waals surface area contributed by atoms with Crippen LogP contribution in [0.2, 0.25) is 0 Å². The van der Waals surface area contributed by atoms with Crippen molar-refractivity contribution in [2.45, 2.75) is 19.4 Å². The number of ether oxygens (including phenoxy) is 3. The summed E-state index contributed by atoms with van der Waals surface area (Å²) in [6.45, 7) is 5.79. The summed E-state index contributed by atoms with van der Waals surface area (Å²) in [6, 6.07) is 5.37. The van der Waals surface area contributed by atoms with Gasteiger partial charge in [0.15, 0.2) is 17.3 Å². The highest BCUT2D eigenvalue weighted by atomic mass is 16.7. The average molecular weight is 340 g/mol. The summed E-state index contributed by atoms with van der Waals surface area (Å²) >= 11 is 0. The van der Waals surface area contributed by atoms with Crippen LogP contribution in [0.25, 0.3) is 0 Å². The Morgan fingerprint density at radius 2 is 2.20 bits per heavy atom. The van der Waals surface area contributed by atoms with Crippen molar-refractivity contribution in [3.63, 3.8) is 0 Å². The third kappa shape index (κ3) is 2.02. The van der Waals surface area contributed by atoms with Crippen LogP contribution in [0.15, 0.2) is 53.8 Å². The van der Waals surface area contributed by atoms with Crippen LogP contribution in [0.4, 0.5) is 0 Å². The van der Waals surface area contributed by atoms with Crippen LogP contribution in [0.5, 0.6) is 11.5 Å². The second-order valence-electron chi connectivity index (χ2n) is 6.74. The van der Waals surface area contributed by atoms with Gasteiger partial charge in [-0.1, -0.05) is 19.1 Å². The molecule has 1 aliphatic heterocycles. The largest absolute Gasteiger partial charge is 0.500 e. The topological polar surface area (TPSA) is 65.0 Å². The van der Waals surface area contributed by atoms with Crippen molar-refractivity contribution < 1.29 is 24.1 Å². The number of aliphatic hydroxyl groups is 1. The van der Waals surface area contributed by atoms with Gasteiger partial charge in [-0.3, -0.25) is 4.79 Å². The zero-order chi connectivity index (χ0) is 17.8. The van der Waals surface area contributed by atoms with E-state index < -0.39 is 17.4 Å². The van der Waals surface area contributed by atoms with Crippen molar-refractivity contribution in [3.05, 3.63) is 59.4 Å². The van der Waals surface area contributed by atoms with Gasteiger partial charge in [0.2, 0.25) is 6.79 Å². The number of carbonyl (C=O) groups is 1. The van der Waals surface area contributed by atoms with Gasteiger partial charge in [-0.2, -0.15) is 0 Å². The molecule has 5 heteroatoms. The molecular formula is C20H20O5. The Balaban J connectivity index is 1.74. The number of aliphatic hydroxyl groups excluding tert-OH is 1. The van der Waals surface area contributed by atoms with Gasteiger partial charge < -0.3 is 19.3 Å². The summed E-state index contributed by atoms with van der Waals surface area (Å²) in [5, 5.41) is 11.1. The quantitative estimate of drug-likeness (QED) is 0.835. The first kappa shape index (κ1) is 16.0. The van der Waals surface area contributed by atoms with Gasteiger partial charge in [0.05, 0.1) is 19.1 Å². The summed E-state index contributed by atoms with van der Waals surface area (Å²) in [5.74, 6) is 1.44. The minimum absolute atomic E-state index is 0.00552. The van der Waals surface area contributed by atoms with Crippen molar-refractivity contribution in [2.24, 2.45) is 11.3 Å². The Hall–Kier alpha value is -2.53. The highest BCUT2D eigenvalue weighted by Gasteiger charge is 2.61. The number of hydrogen-bond donors (Lipinski definition) is 1. The first-order valence-electron chi connectivity index (χ1n) is 8.24. The first-order chi connectivity index (χ1) is 12.0. The van der Waals surface area contributed by atoms with Gasteiger partial charge in [0.25, 0.3) is 0 Å². The summed E-state index contributed by atoms with van der Waals surface area (Å²) < 4.78 is 16.2. The molecule has 0 saturated carbocycles. The Morgan fingerprint density at radius 3 is 2.88 bits per heavy atom. The molecule has 0 saturated heterocycles. The summed E-state index contributed by atoms with van der Waals surface area (Å²) in [5.41, 5.74) is 1.56. The maximum absolute atomic E-state index is 12.9. The molecule has 0 radical (unpaired) electrons. The molecule has 1 heterocycles. The standard InChI is InChI=1S/C20H20O5/c1-4-5-11-8-13-18(23-3)16(17(11)21)20(13,2)19(22)12-6-7-14-15(9-12)25-10-24-14/h4,6-9,16,19,22H,1,5,10H2,2-3H3/t16-,19+,20+/m0/s1. The lowest BCUT2D eigenvalue weighted by atomic mass is 9.51. The summed E-state index contributed by atoms with van der Waals surface area (Å²) in [4.78, 5) is 12.9. The molecule has 3 aliphatic carbocycles. The highest BCUT2D eigenvalue weighted by Crippen LogP contribution is 2.62. The maximum Gasteiger partial charge on any atom is 0.231 e. The number of benzene rings is 1. The third-order valence-corrected chi connectivity index (χ3v) is 5.47. The number of rotatable bonds is 5. The number of fused-ring (bicyclic) bond motifs is 2. The molecule has 0 fully saturated rings. The molecule has 0 amide bonds. The van der Waals surface area contributed by atoms with E-state index in [-0.39, 0.29) is 12.6 Å². The molecule has 25 heavy (non-hydrogen) atoms. The van der Waals surface area contributed by atoms with Crippen LogP contribution < -0.4 is 9.47 Å². The van der Waals surface area contributed by atoms with E-state index in [0.29, 0.717) is 34.8 Å².